The molecule has 29 heavy (non-hydrogen) atoms. The maximum absolute atomic E-state index is 12.7. The van der Waals surface area contributed by atoms with Crippen LogP contribution in [0.25, 0.3) is 0 Å². The SMILES string of the molecule is CCOc1cccc(N(CC(=O)N[C@@H](C)c2ccc3c(c2)CCC3)S(C)(=O)=O)c1. The van der Waals surface area contributed by atoms with Gasteiger partial charge in [-0.15, -0.1) is 0 Å². The number of benzene rings is 2. The van der Waals surface area contributed by atoms with Gasteiger partial charge in [0.15, 0.2) is 0 Å². The third-order valence-corrected chi connectivity index (χ3v) is 6.24. The fourth-order valence-electron chi connectivity index (χ4n) is 3.66. The van der Waals surface area contributed by atoms with E-state index in [-0.39, 0.29) is 18.5 Å². The van der Waals surface area contributed by atoms with Crippen molar-refractivity contribution in [1.29, 1.82) is 0 Å². The predicted molar refractivity (Wildman–Crippen MR) is 115 cm³/mol. The van der Waals surface area contributed by atoms with Crippen LogP contribution in [0.3, 0.4) is 0 Å². The maximum Gasteiger partial charge on any atom is 0.241 e. The van der Waals surface area contributed by atoms with Crippen molar-refractivity contribution in [3.8, 4) is 5.75 Å². The highest BCUT2D eigenvalue weighted by molar-refractivity contribution is 7.92. The molecular weight excluding hydrogens is 388 g/mol. The van der Waals surface area contributed by atoms with Gasteiger partial charge in [0, 0.05) is 6.07 Å². The molecule has 0 heterocycles. The molecule has 0 radical (unpaired) electrons. The Bertz CT molecular complexity index is 988. The van der Waals surface area contributed by atoms with Gasteiger partial charge >= 0.3 is 0 Å². The van der Waals surface area contributed by atoms with E-state index in [1.54, 1.807) is 24.3 Å². The number of hydrogen-bond donors (Lipinski definition) is 1. The molecule has 2 aromatic rings. The summed E-state index contributed by atoms with van der Waals surface area (Å²) in [5.74, 6) is 0.204. The molecule has 0 saturated carbocycles. The van der Waals surface area contributed by atoms with Gasteiger partial charge in [0.05, 0.1) is 24.6 Å². The monoisotopic (exact) mass is 416 g/mol. The number of hydrogen-bond acceptors (Lipinski definition) is 4. The number of aryl methyl sites for hydroxylation is 2. The topological polar surface area (TPSA) is 75.7 Å². The zero-order valence-electron chi connectivity index (χ0n) is 17.1. The molecule has 1 atom stereocenters. The summed E-state index contributed by atoms with van der Waals surface area (Å²) < 4.78 is 31.2. The first-order valence-corrected chi connectivity index (χ1v) is 11.7. The van der Waals surface area contributed by atoms with Crippen LogP contribution in [-0.4, -0.2) is 33.7 Å². The van der Waals surface area contributed by atoms with E-state index in [2.05, 4.69) is 17.4 Å². The van der Waals surface area contributed by atoms with Crippen molar-refractivity contribution in [2.75, 3.05) is 23.7 Å². The summed E-state index contributed by atoms with van der Waals surface area (Å²) in [5, 5.41) is 2.92. The number of nitrogens with zero attached hydrogens (tertiary/aromatic N) is 1. The Balaban J connectivity index is 1.73. The average Bonchev–Trinajstić information content (AvgIpc) is 3.13. The van der Waals surface area contributed by atoms with E-state index in [1.165, 1.54) is 17.5 Å². The summed E-state index contributed by atoms with van der Waals surface area (Å²) in [4.78, 5) is 12.7. The van der Waals surface area contributed by atoms with E-state index in [0.717, 1.165) is 29.0 Å². The number of sulfonamides is 1. The van der Waals surface area contributed by atoms with Crippen molar-refractivity contribution < 1.29 is 17.9 Å². The first-order chi connectivity index (χ1) is 13.8. The van der Waals surface area contributed by atoms with Crippen molar-refractivity contribution in [2.24, 2.45) is 0 Å². The number of carbonyl (C=O) groups is 1. The lowest BCUT2D eigenvalue weighted by Crippen LogP contribution is -2.41. The molecule has 0 bridgehead atoms. The van der Waals surface area contributed by atoms with Gasteiger partial charge in [0.25, 0.3) is 0 Å². The van der Waals surface area contributed by atoms with E-state index >= 15 is 0 Å². The van der Waals surface area contributed by atoms with Crippen LogP contribution in [-0.2, 0) is 27.7 Å². The van der Waals surface area contributed by atoms with E-state index in [4.69, 9.17) is 4.74 Å². The first-order valence-electron chi connectivity index (χ1n) is 9.89. The molecular formula is C22H28N2O4S. The molecule has 1 aliphatic rings. The molecule has 0 aromatic heterocycles. The quantitative estimate of drug-likeness (QED) is 0.717. The molecule has 6 nitrogen and oxygen atoms in total. The average molecular weight is 417 g/mol. The molecule has 1 N–H and O–H groups in total. The first kappa shape index (κ1) is 21.2. The molecule has 2 aromatic carbocycles. The summed E-state index contributed by atoms with van der Waals surface area (Å²) in [6.45, 7) is 3.95. The van der Waals surface area contributed by atoms with Gasteiger partial charge in [-0.05, 0) is 61.9 Å². The lowest BCUT2D eigenvalue weighted by molar-refractivity contribution is -0.120. The van der Waals surface area contributed by atoms with Crippen LogP contribution in [0.4, 0.5) is 5.69 Å². The van der Waals surface area contributed by atoms with E-state index < -0.39 is 10.0 Å². The highest BCUT2D eigenvalue weighted by atomic mass is 32.2. The van der Waals surface area contributed by atoms with Crippen molar-refractivity contribution >= 4 is 21.6 Å². The summed E-state index contributed by atoms with van der Waals surface area (Å²) in [6, 6.07) is 12.9. The minimum atomic E-state index is -3.64. The molecule has 156 valence electrons. The Hall–Kier alpha value is -2.54. The molecule has 0 fully saturated rings. The Labute approximate surface area is 172 Å². The van der Waals surface area contributed by atoms with Gasteiger partial charge in [-0.25, -0.2) is 8.42 Å². The van der Waals surface area contributed by atoms with Crippen molar-refractivity contribution in [2.45, 2.75) is 39.2 Å². The molecule has 3 rings (SSSR count). The molecule has 7 heteroatoms. The predicted octanol–water partition coefficient (Wildman–Crippen LogP) is 3.22. The number of nitrogens with one attached hydrogen (secondary N) is 1. The van der Waals surface area contributed by atoms with Crippen LogP contribution < -0.4 is 14.4 Å². The Morgan fingerprint density at radius 1 is 1.17 bits per heavy atom. The second-order valence-electron chi connectivity index (χ2n) is 7.37. The van der Waals surface area contributed by atoms with Crippen molar-refractivity contribution in [3.05, 3.63) is 59.2 Å². The number of amides is 1. The van der Waals surface area contributed by atoms with Gasteiger partial charge in [0.1, 0.15) is 12.3 Å². The Morgan fingerprint density at radius 2 is 1.93 bits per heavy atom. The van der Waals surface area contributed by atoms with Crippen LogP contribution in [0.2, 0.25) is 0 Å². The van der Waals surface area contributed by atoms with Gasteiger partial charge in [-0.3, -0.25) is 9.10 Å². The second-order valence-corrected chi connectivity index (χ2v) is 9.28. The van der Waals surface area contributed by atoms with Crippen LogP contribution in [0.5, 0.6) is 5.75 Å². The summed E-state index contributed by atoms with van der Waals surface area (Å²) in [7, 11) is -3.64. The van der Waals surface area contributed by atoms with Gasteiger partial charge in [-0.1, -0.05) is 24.3 Å². The van der Waals surface area contributed by atoms with E-state index in [1.807, 2.05) is 19.9 Å². The van der Waals surface area contributed by atoms with Crippen molar-refractivity contribution in [1.82, 2.24) is 5.32 Å². The smallest absolute Gasteiger partial charge is 0.241 e. The molecule has 1 amide bonds. The third-order valence-electron chi connectivity index (χ3n) is 5.10. The zero-order chi connectivity index (χ0) is 21.0. The van der Waals surface area contributed by atoms with Crippen LogP contribution in [0.15, 0.2) is 42.5 Å². The largest absolute Gasteiger partial charge is 0.494 e. The van der Waals surface area contributed by atoms with E-state index in [0.29, 0.717) is 18.0 Å². The third kappa shape index (κ3) is 5.29. The summed E-state index contributed by atoms with van der Waals surface area (Å²) in [5.41, 5.74) is 4.15. The summed E-state index contributed by atoms with van der Waals surface area (Å²) in [6.07, 6.45) is 4.45. The standard InChI is InChI=1S/C22H28N2O4S/c1-4-28-21-10-6-9-20(14-21)24(29(3,26)27)15-22(25)23-16(2)18-12-11-17-7-5-8-19(17)13-18/h6,9-14,16H,4-5,7-8,15H2,1-3H3,(H,23,25)/t16-/m0/s1. The van der Waals surface area contributed by atoms with E-state index in [9.17, 15) is 13.2 Å². The molecule has 0 saturated heterocycles. The zero-order valence-corrected chi connectivity index (χ0v) is 18.0. The van der Waals surface area contributed by atoms with Gasteiger partial charge < -0.3 is 10.1 Å². The number of carbonyl (C=O) groups excluding carboxylic acids is 1. The fourth-order valence-corrected chi connectivity index (χ4v) is 4.51. The Morgan fingerprint density at radius 3 is 2.66 bits per heavy atom. The van der Waals surface area contributed by atoms with Crippen LogP contribution >= 0.6 is 0 Å². The van der Waals surface area contributed by atoms with Gasteiger partial charge in [0.2, 0.25) is 15.9 Å². The molecule has 0 spiro atoms. The van der Waals surface area contributed by atoms with Crippen LogP contribution in [0.1, 0.15) is 43.0 Å². The Kier molecular flexibility index (Phi) is 6.47. The highest BCUT2D eigenvalue weighted by Crippen LogP contribution is 2.26. The number of ether oxygens (including phenoxy) is 1. The lowest BCUT2D eigenvalue weighted by Gasteiger charge is -2.24. The second kappa shape index (κ2) is 8.86. The summed E-state index contributed by atoms with van der Waals surface area (Å²) >= 11 is 0. The number of rotatable bonds is 8. The maximum atomic E-state index is 12.7. The fraction of sp³-hybridized carbons (Fsp3) is 0.409. The number of anilines is 1. The molecule has 1 aliphatic carbocycles. The lowest BCUT2D eigenvalue weighted by atomic mass is 10.0. The molecule has 0 aliphatic heterocycles. The number of fused-ring (bicyclic) bond motifs is 1. The minimum Gasteiger partial charge on any atom is -0.494 e. The van der Waals surface area contributed by atoms with Crippen LogP contribution in [0, 0.1) is 0 Å². The molecule has 0 unspecified atom stereocenters. The van der Waals surface area contributed by atoms with Crippen molar-refractivity contribution in [3.63, 3.8) is 0 Å². The van der Waals surface area contributed by atoms with Gasteiger partial charge in [-0.2, -0.15) is 0 Å². The minimum absolute atomic E-state index is 0.204. The highest BCUT2D eigenvalue weighted by Gasteiger charge is 2.23. The normalized spacial score (nSPS) is 14.2.